The molecule has 3 aromatic rings. The minimum absolute atomic E-state index is 0.0309. The van der Waals surface area contributed by atoms with Crippen molar-refractivity contribution in [2.75, 3.05) is 17.7 Å². The molecule has 0 aliphatic rings. The number of rotatable bonds is 10. The smallest absolute Gasteiger partial charge is 0.271 e. The molecule has 13 heteroatoms. The predicted molar refractivity (Wildman–Crippen MR) is 129 cm³/mol. The number of hydrogen-bond donors (Lipinski definition) is 1. The van der Waals surface area contributed by atoms with Crippen LogP contribution in [0.25, 0.3) is 0 Å². The van der Waals surface area contributed by atoms with Crippen molar-refractivity contribution in [2.45, 2.75) is 18.0 Å². The molecule has 0 spiro atoms. The van der Waals surface area contributed by atoms with Crippen molar-refractivity contribution < 1.29 is 14.5 Å². The Morgan fingerprint density at radius 3 is 2.70 bits per heavy atom. The van der Waals surface area contributed by atoms with Crippen LogP contribution in [0.5, 0.6) is 5.75 Å². The Labute approximate surface area is 208 Å². The van der Waals surface area contributed by atoms with Crippen molar-refractivity contribution in [1.29, 1.82) is 0 Å². The molecule has 3 rings (SSSR count). The summed E-state index contributed by atoms with van der Waals surface area (Å²) in [6, 6.07) is 8.88. The van der Waals surface area contributed by atoms with Crippen LogP contribution in [0.4, 0.5) is 11.4 Å². The molecule has 1 aromatic heterocycles. The number of nitrogens with zero attached hydrogens (tertiary/aromatic N) is 4. The number of benzene rings is 2. The molecule has 1 amide bonds. The van der Waals surface area contributed by atoms with Gasteiger partial charge in [-0.15, -0.1) is 10.2 Å². The van der Waals surface area contributed by atoms with E-state index in [4.69, 9.17) is 39.5 Å². The molecule has 0 aliphatic heterocycles. The first-order chi connectivity index (χ1) is 15.7. The van der Waals surface area contributed by atoms with E-state index < -0.39 is 4.92 Å². The van der Waals surface area contributed by atoms with Gasteiger partial charge in [0.05, 0.1) is 33.0 Å². The first-order valence-electron chi connectivity index (χ1n) is 9.57. The number of aryl methyl sites for hydroxylation is 1. The van der Waals surface area contributed by atoms with Crippen molar-refractivity contribution in [3.63, 3.8) is 0 Å². The van der Waals surface area contributed by atoms with Crippen molar-refractivity contribution in [1.82, 2.24) is 14.8 Å². The fourth-order valence-corrected chi connectivity index (χ4v) is 4.09. The Morgan fingerprint density at radius 1 is 1.18 bits per heavy atom. The van der Waals surface area contributed by atoms with Gasteiger partial charge in [-0.1, -0.05) is 46.6 Å². The van der Waals surface area contributed by atoms with E-state index in [0.717, 1.165) is 5.82 Å². The highest BCUT2D eigenvalue weighted by atomic mass is 35.5. The molecule has 2 aromatic carbocycles. The van der Waals surface area contributed by atoms with E-state index in [9.17, 15) is 14.9 Å². The molecule has 0 unspecified atom stereocenters. The maximum absolute atomic E-state index is 12.3. The van der Waals surface area contributed by atoms with Gasteiger partial charge in [0.2, 0.25) is 5.91 Å². The lowest BCUT2D eigenvalue weighted by atomic mass is 10.3. The summed E-state index contributed by atoms with van der Waals surface area (Å²) < 4.78 is 7.47. The monoisotopic (exact) mass is 529 g/mol. The fraction of sp³-hybridized carbons (Fsp3) is 0.250. The molecular formula is C20H18Cl3N5O4S. The number of non-ortho nitro benzene ring substituents is 1. The molecule has 0 saturated carbocycles. The summed E-state index contributed by atoms with van der Waals surface area (Å²) in [4.78, 5) is 22.6. The molecule has 33 heavy (non-hydrogen) atoms. The zero-order chi connectivity index (χ0) is 24.0. The number of carbonyl (C=O) groups is 1. The Balaban J connectivity index is 1.48. The summed E-state index contributed by atoms with van der Waals surface area (Å²) in [5, 5.41) is 23.5. The van der Waals surface area contributed by atoms with Crippen molar-refractivity contribution >= 4 is 63.8 Å². The number of ether oxygens (including phenoxy) is 1. The molecule has 0 aliphatic carbocycles. The zero-order valence-electron chi connectivity index (χ0n) is 17.3. The first kappa shape index (κ1) is 25.1. The molecule has 174 valence electrons. The van der Waals surface area contributed by atoms with Crippen molar-refractivity contribution in [3.05, 3.63) is 67.4 Å². The van der Waals surface area contributed by atoms with Crippen LogP contribution in [-0.2, 0) is 18.3 Å². The van der Waals surface area contributed by atoms with Gasteiger partial charge in [0.1, 0.15) is 11.6 Å². The topological polar surface area (TPSA) is 112 Å². The summed E-state index contributed by atoms with van der Waals surface area (Å²) in [6.45, 7) is 0.434. The van der Waals surface area contributed by atoms with Crippen LogP contribution >= 0.6 is 46.6 Å². The van der Waals surface area contributed by atoms with Crippen LogP contribution in [-0.4, -0.2) is 38.0 Å². The molecule has 0 radical (unpaired) electrons. The number of nitrogens with one attached hydrogen (secondary N) is 1. The number of carbonyl (C=O) groups excluding carboxylic acids is 1. The van der Waals surface area contributed by atoms with Crippen LogP contribution in [0.15, 0.2) is 41.6 Å². The van der Waals surface area contributed by atoms with E-state index in [1.807, 2.05) is 7.05 Å². The Morgan fingerprint density at radius 2 is 1.97 bits per heavy atom. The van der Waals surface area contributed by atoms with Crippen LogP contribution in [0.2, 0.25) is 15.1 Å². The second-order valence-corrected chi connectivity index (χ2v) is 8.94. The largest absolute Gasteiger partial charge is 0.492 e. The molecule has 0 saturated heterocycles. The third-order valence-electron chi connectivity index (χ3n) is 4.39. The highest BCUT2D eigenvalue weighted by molar-refractivity contribution is 7.99. The van der Waals surface area contributed by atoms with Gasteiger partial charge in [-0.3, -0.25) is 14.9 Å². The van der Waals surface area contributed by atoms with E-state index in [1.165, 1.54) is 30.0 Å². The van der Waals surface area contributed by atoms with Gasteiger partial charge in [0, 0.05) is 30.6 Å². The van der Waals surface area contributed by atoms with E-state index in [-0.39, 0.29) is 28.1 Å². The maximum atomic E-state index is 12.3. The van der Waals surface area contributed by atoms with Gasteiger partial charge in [0.25, 0.3) is 5.69 Å². The number of halogens is 3. The number of nitro groups is 1. The molecule has 0 bridgehead atoms. The lowest BCUT2D eigenvalue weighted by Gasteiger charge is -2.08. The second kappa shape index (κ2) is 11.6. The normalized spacial score (nSPS) is 10.8. The summed E-state index contributed by atoms with van der Waals surface area (Å²) >= 11 is 19.2. The Hall–Kier alpha value is -2.53. The van der Waals surface area contributed by atoms with E-state index in [1.54, 1.807) is 22.8 Å². The van der Waals surface area contributed by atoms with Crippen molar-refractivity contribution in [2.24, 2.45) is 7.05 Å². The molecular weight excluding hydrogens is 513 g/mol. The van der Waals surface area contributed by atoms with Gasteiger partial charge in [-0.2, -0.15) is 0 Å². The number of thioether (sulfide) groups is 1. The highest BCUT2D eigenvalue weighted by Gasteiger charge is 2.15. The molecule has 1 heterocycles. The average molecular weight is 531 g/mol. The SMILES string of the molecule is Cn1c(CCCOc2ccc(Cl)cc2Cl)nnc1SCC(=O)Nc1cc([N+](=O)[O-])ccc1Cl. The van der Waals surface area contributed by atoms with Gasteiger partial charge in [0.15, 0.2) is 5.16 Å². The minimum Gasteiger partial charge on any atom is -0.492 e. The standard InChI is InChI=1S/C20H18Cl3N5O4S/c1-27-18(3-2-8-32-17-7-4-12(21)9-15(17)23)25-26-20(27)33-11-19(29)24-16-10-13(28(30)31)5-6-14(16)22/h4-7,9-10H,2-3,8,11H2,1H3,(H,24,29). The van der Waals surface area contributed by atoms with Crippen molar-refractivity contribution in [3.8, 4) is 5.75 Å². The fourth-order valence-electron chi connectivity index (χ4n) is 2.73. The minimum atomic E-state index is -0.559. The van der Waals surface area contributed by atoms with E-state index >= 15 is 0 Å². The van der Waals surface area contributed by atoms with Crippen LogP contribution < -0.4 is 10.1 Å². The van der Waals surface area contributed by atoms with E-state index in [0.29, 0.717) is 40.4 Å². The maximum Gasteiger partial charge on any atom is 0.271 e. The highest BCUT2D eigenvalue weighted by Crippen LogP contribution is 2.28. The van der Waals surface area contributed by atoms with Crippen LogP contribution in [0, 0.1) is 10.1 Å². The van der Waals surface area contributed by atoms with Gasteiger partial charge in [-0.25, -0.2) is 0 Å². The van der Waals surface area contributed by atoms with Crippen LogP contribution in [0.3, 0.4) is 0 Å². The quantitative estimate of drug-likeness (QED) is 0.161. The molecule has 0 fully saturated rings. The summed E-state index contributed by atoms with van der Waals surface area (Å²) in [5.74, 6) is 0.958. The predicted octanol–water partition coefficient (Wildman–Crippen LogP) is 5.43. The zero-order valence-corrected chi connectivity index (χ0v) is 20.3. The lowest BCUT2D eigenvalue weighted by Crippen LogP contribution is -2.15. The number of nitro benzene ring substituents is 1. The summed E-state index contributed by atoms with van der Waals surface area (Å²) in [6.07, 6.45) is 1.30. The number of aromatic nitrogens is 3. The third kappa shape index (κ3) is 6.97. The Kier molecular flexibility index (Phi) is 8.79. The van der Waals surface area contributed by atoms with Crippen LogP contribution in [0.1, 0.15) is 12.2 Å². The lowest BCUT2D eigenvalue weighted by molar-refractivity contribution is -0.384. The molecule has 1 N–H and O–H groups in total. The van der Waals surface area contributed by atoms with E-state index in [2.05, 4.69) is 15.5 Å². The first-order valence-corrected chi connectivity index (χ1v) is 11.7. The number of hydrogen-bond acceptors (Lipinski definition) is 7. The Bertz CT molecular complexity index is 1170. The third-order valence-corrected chi connectivity index (χ3v) is 6.27. The van der Waals surface area contributed by atoms with Gasteiger partial charge >= 0.3 is 0 Å². The summed E-state index contributed by atoms with van der Waals surface area (Å²) in [7, 11) is 1.81. The summed E-state index contributed by atoms with van der Waals surface area (Å²) in [5.41, 5.74) is 0.0125. The number of amides is 1. The molecule has 0 atom stereocenters. The number of anilines is 1. The average Bonchev–Trinajstić information content (AvgIpc) is 3.11. The van der Waals surface area contributed by atoms with Gasteiger partial charge in [-0.05, 0) is 30.7 Å². The second-order valence-electron chi connectivity index (χ2n) is 6.74. The molecule has 9 nitrogen and oxygen atoms in total. The van der Waals surface area contributed by atoms with Gasteiger partial charge < -0.3 is 14.6 Å².